The van der Waals surface area contributed by atoms with Gasteiger partial charge in [0.2, 0.25) is 5.95 Å². The first-order valence-electron chi connectivity index (χ1n) is 8.03. The molecule has 0 bridgehead atoms. The van der Waals surface area contributed by atoms with Crippen molar-refractivity contribution in [3.8, 4) is 22.4 Å². The fraction of sp³-hybridized carbons (Fsp3) is 0.105. The van der Waals surface area contributed by atoms with E-state index in [9.17, 15) is 13.6 Å². The zero-order valence-electron chi connectivity index (χ0n) is 14.5. The fourth-order valence-corrected chi connectivity index (χ4v) is 2.96. The maximum atomic E-state index is 14.2. The van der Waals surface area contributed by atoms with Crippen LogP contribution in [0, 0.1) is 11.8 Å². The number of methoxy groups -OCH3 is 1. The molecule has 0 N–H and O–H groups in total. The molecule has 136 valence electrons. The lowest BCUT2D eigenvalue weighted by atomic mass is 10.00. The van der Waals surface area contributed by atoms with Gasteiger partial charge in [-0.15, -0.1) is 5.10 Å². The third-order valence-electron chi connectivity index (χ3n) is 4.21. The van der Waals surface area contributed by atoms with Crippen molar-refractivity contribution in [1.29, 1.82) is 0 Å². The number of hydrogen-bond acceptors (Lipinski definition) is 4. The molecule has 0 atom stereocenters. The summed E-state index contributed by atoms with van der Waals surface area (Å²) in [5.74, 6) is -1.60. The molecular formula is C19H14F2N4O2. The van der Waals surface area contributed by atoms with Crippen LogP contribution in [-0.4, -0.2) is 32.2 Å². The molecule has 8 heteroatoms. The van der Waals surface area contributed by atoms with Gasteiger partial charge in [0.1, 0.15) is 11.5 Å². The molecule has 0 radical (unpaired) electrons. The average Bonchev–Trinajstić information content (AvgIpc) is 3.22. The van der Waals surface area contributed by atoms with Crippen LogP contribution >= 0.6 is 0 Å². The second-order valence-electron chi connectivity index (χ2n) is 6.00. The zero-order chi connectivity index (χ0) is 19.1. The van der Waals surface area contributed by atoms with Crippen LogP contribution in [0.15, 0.2) is 48.9 Å². The lowest BCUT2D eigenvalue weighted by Gasteiger charge is -2.06. The molecular weight excluding hydrogens is 354 g/mol. The number of benzene rings is 1. The Morgan fingerprint density at radius 3 is 2.59 bits per heavy atom. The molecule has 0 fully saturated rings. The molecule has 0 spiro atoms. The van der Waals surface area contributed by atoms with Gasteiger partial charge < -0.3 is 9.14 Å². The summed E-state index contributed by atoms with van der Waals surface area (Å²) in [6, 6.07) is 7.21. The smallest absolute Gasteiger partial charge is 0.338 e. The van der Waals surface area contributed by atoms with Crippen molar-refractivity contribution in [3.63, 3.8) is 0 Å². The van der Waals surface area contributed by atoms with E-state index in [0.717, 1.165) is 0 Å². The molecule has 0 aliphatic heterocycles. The molecule has 4 aromatic rings. The molecule has 0 saturated heterocycles. The summed E-state index contributed by atoms with van der Waals surface area (Å²) in [5, 5.41) is 3.71. The number of aromatic nitrogens is 4. The topological polar surface area (TPSA) is 61.4 Å². The van der Waals surface area contributed by atoms with Gasteiger partial charge in [-0.2, -0.15) is 4.39 Å². The van der Waals surface area contributed by atoms with Crippen LogP contribution in [0.1, 0.15) is 10.4 Å². The third kappa shape index (κ3) is 2.95. The first kappa shape index (κ1) is 16.9. The van der Waals surface area contributed by atoms with Gasteiger partial charge in [-0.25, -0.2) is 14.2 Å². The van der Waals surface area contributed by atoms with Crippen molar-refractivity contribution in [2.24, 2.45) is 7.05 Å². The monoisotopic (exact) mass is 368 g/mol. The summed E-state index contributed by atoms with van der Waals surface area (Å²) in [6.07, 6.45) is 4.86. The number of carbonyl (C=O) groups excluding carboxylic acids is 1. The minimum absolute atomic E-state index is 0.250. The van der Waals surface area contributed by atoms with E-state index in [1.54, 1.807) is 36.0 Å². The summed E-state index contributed by atoms with van der Waals surface area (Å²) in [6.45, 7) is 0. The number of ether oxygens (including phenoxy) is 1. The van der Waals surface area contributed by atoms with E-state index >= 15 is 0 Å². The quantitative estimate of drug-likeness (QED) is 0.520. The van der Waals surface area contributed by atoms with Crippen LogP contribution in [0.4, 0.5) is 8.78 Å². The van der Waals surface area contributed by atoms with Gasteiger partial charge in [0.15, 0.2) is 0 Å². The molecule has 3 heterocycles. The normalized spacial score (nSPS) is 11.1. The van der Waals surface area contributed by atoms with Crippen LogP contribution in [0.3, 0.4) is 0 Å². The van der Waals surface area contributed by atoms with Crippen LogP contribution in [0.2, 0.25) is 0 Å². The van der Waals surface area contributed by atoms with Crippen LogP contribution in [0.5, 0.6) is 0 Å². The Morgan fingerprint density at radius 2 is 1.89 bits per heavy atom. The number of hydrogen-bond donors (Lipinski definition) is 0. The van der Waals surface area contributed by atoms with E-state index in [0.29, 0.717) is 28.0 Å². The van der Waals surface area contributed by atoms with Gasteiger partial charge >= 0.3 is 5.97 Å². The third-order valence-corrected chi connectivity index (χ3v) is 4.21. The second kappa shape index (κ2) is 6.31. The van der Waals surface area contributed by atoms with Gasteiger partial charge in [0.25, 0.3) is 0 Å². The number of rotatable bonds is 3. The predicted octanol–water partition coefficient (Wildman–Crippen LogP) is 3.47. The predicted molar refractivity (Wildman–Crippen MR) is 94.1 cm³/mol. The van der Waals surface area contributed by atoms with Crippen molar-refractivity contribution in [2.75, 3.05) is 7.11 Å². The highest BCUT2D eigenvalue weighted by Crippen LogP contribution is 2.33. The largest absolute Gasteiger partial charge is 0.465 e. The summed E-state index contributed by atoms with van der Waals surface area (Å²) >= 11 is 0. The summed E-state index contributed by atoms with van der Waals surface area (Å²) in [5.41, 5.74) is 2.41. The lowest BCUT2D eigenvalue weighted by Crippen LogP contribution is -2.01. The Bertz CT molecular complexity index is 1180. The first-order valence-corrected chi connectivity index (χ1v) is 8.03. The highest BCUT2D eigenvalue weighted by molar-refractivity contribution is 5.90. The lowest BCUT2D eigenvalue weighted by molar-refractivity contribution is 0.0600. The highest BCUT2D eigenvalue weighted by atomic mass is 19.1. The Morgan fingerprint density at radius 1 is 1.07 bits per heavy atom. The highest BCUT2D eigenvalue weighted by Gasteiger charge is 2.18. The van der Waals surface area contributed by atoms with E-state index < -0.39 is 17.7 Å². The van der Waals surface area contributed by atoms with Crippen LogP contribution < -0.4 is 0 Å². The number of pyridine rings is 1. The van der Waals surface area contributed by atoms with Gasteiger partial charge in [0.05, 0.1) is 23.9 Å². The Labute approximate surface area is 152 Å². The maximum absolute atomic E-state index is 14.2. The molecule has 0 amide bonds. The minimum Gasteiger partial charge on any atom is -0.465 e. The van der Waals surface area contributed by atoms with E-state index in [-0.39, 0.29) is 5.56 Å². The van der Waals surface area contributed by atoms with Crippen molar-refractivity contribution in [1.82, 2.24) is 19.2 Å². The fourth-order valence-electron chi connectivity index (χ4n) is 2.96. The van der Waals surface area contributed by atoms with Crippen molar-refractivity contribution < 1.29 is 18.3 Å². The molecule has 6 nitrogen and oxygen atoms in total. The molecule has 0 aliphatic carbocycles. The molecule has 1 aromatic carbocycles. The number of aryl methyl sites for hydroxylation is 1. The number of esters is 1. The van der Waals surface area contributed by atoms with Gasteiger partial charge in [0, 0.05) is 31.2 Å². The molecule has 0 aliphatic rings. The van der Waals surface area contributed by atoms with Crippen molar-refractivity contribution in [2.45, 2.75) is 0 Å². The zero-order valence-corrected chi connectivity index (χ0v) is 14.5. The second-order valence-corrected chi connectivity index (χ2v) is 6.00. The van der Waals surface area contributed by atoms with Crippen molar-refractivity contribution >= 4 is 11.6 Å². The molecule has 4 rings (SSSR count). The molecule has 0 saturated carbocycles. The first-order chi connectivity index (χ1) is 13.0. The number of nitrogens with zero attached hydrogens (tertiary/aromatic N) is 4. The Kier molecular flexibility index (Phi) is 3.95. The molecule has 3 aromatic heterocycles. The number of imidazole rings is 1. The van der Waals surface area contributed by atoms with Gasteiger partial charge in [-0.1, -0.05) is 6.07 Å². The minimum atomic E-state index is -0.651. The van der Waals surface area contributed by atoms with E-state index in [1.165, 1.54) is 36.2 Å². The maximum Gasteiger partial charge on any atom is 0.338 e. The SMILES string of the molecule is COC(=O)c1ccn2cc(-c3cc(F)ccc3-c3cn(C)nc3F)nc2c1. The summed E-state index contributed by atoms with van der Waals surface area (Å²) in [4.78, 5) is 16.2. The van der Waals surface area contributed by atoms with Gasteiger partial charge in [-0.3, -0.25) is 4.68 Å². The summed E-state index contributed by atoms with van der Waals surface area (Å²) < 4.78 is 35.8. The standard InChI is InChI=1S/C19H14F2N4O2/c1-24-9-15(18(21)23-24)13-4-3-12(20)8-14(13)16-10-25-6-5-11(19(26)27-2)7-17(25)22-16/h3-10H,1-2H3. The molecule has 27 heavy (non-hydrogen) atoms. The van der Waals surface area contributed by atoms with E-state index in [1.807, 2.05) is 0 Å². The Hall–Kier alpha value is -3.55. The van der Waals surface area contributed by atoms with E-state index in [4.69, 9.17) is 4.74 Å². The van der Waals surface area contributed by atoms with Crippen molar-refractivity contribution in [3.05, 3.63) is 66.3 Å². The number of fused-ring (bicyclic) bond motifs is 1. The Balaban J connectivity index is 1.89. The number of carbonyl (C=O) groups is 1. The average molecular weight is 368 g/mol. The van der Waals surface area contributed by atoms with Gasteiger partial charge in [-0.05, 0) is 29.8 Å². The van der Waals surface area contributed by atoms with Crippen LogP contribution in [-0.2, 0) is 11.8 Å². The van der Waals surface area contributed by atoms with E-state index in [2.05, 4.69) is 10.1 Å². The van der Waals surface area contributed by atoms with Crippen LogP contribution in [0.25, 0.3) is 28.0 Å². The molecule has 0 unspecified atom stereocenters. The number of halogens is 2. The summed E-state index contributed by atoms with van der Waals surface area (Å²) in [7, 11) is 2.90.